The van der Waals surface area contributed by atoms with Crippen LogP contribution in [0.5, 0.6) is 0 Å². The maximum atomic E-state index is 15.3. The molecule has 54 heavy (non-hydrogen) atoms. The molecule has 0 bridgehead atoms. The summed E-state index contributed by atoms with van der Waals surface area (Å²) in [6.07, 6.45) is 1.04. The Labute approximate surface area is 319 Å². The zero-order valence-corrected chi connectivity index (χ0v) is 33.1. The van der Waals surface area contributed by atoms with Crippen LogP contribution < -0.4 is 5.32 Å². The van der Waals surface area contributed by atoms with Gasteiger partial charge in [0, 0.05) is 26.6 Å². The van der Waals surface area contributed by atoms with Gasteiger partial charge < -0.3 is 25.0 Å². The highest BCUT2D eigenvalue weighted by Gasteiger charge is 2.44. The summed E-state index contributed by atoms with van der Waals surface area (Å²) >= 11 is 0. The fourth-order valence-corrected chi connectivity index (χ4v) is 6.65. The van der Waals surface area contributed by atoms with Crippen LogP contribution in [0.15, 0.2) is 78.9 Å². The van der Waals surface area contributed by atoms with Gasteiger partial charge in [0.25, 0.3) is 0 Å². The molecule has 3 unspecified atom stereocenters. The third-order valence-electron chi connectivity index (χ3n) is 9.82. The Hall–Kier alpha value is -5.19. The summed E-state index contributed by atoms with van der Waals surface area (Å²) in [5.74, 6) is -2.23. The van der Waals surface area contributed by atoms with Crippen molar-refractivity contribution in [2.75, 3.05) is 7.05 Å². The fraction of sp³-hybridized carbons (Fsp3) is 0.465. The van der Waals surface area contributed by atoms with Gasteiger partial charge in [-0.15, -0.1) is 0 Å². The first-order chi connectivity index (χ1) is 25.3. The van der Waals surface area contributed by atoms with Crippen molar-refractivity contribution < 1.29 is 33.8 Å². The molecular formula is C43H56N4O7. The summed E-state index contributed by atoms with van der Waals surface area (Å²) in [5, 5.41) is 12.4. The molecule has 0 radical (unpaired) electrons. The number of nitrogens with zero attached hydrogens (tertiary/aromatic N) is 3. The Morgan fingerprint density at radius 1 is 0.889 bits per heavy atom. The third kappa shape index (κ3) is 10.3. The smallest absolute Gasteiger partial charge is 0.410 e. The molecule has 3 aromatic carbocycles. The molecule has 0 fully saturated rings. The number of carbonyl (C=O) groups is 5. The number of benzene rings is 3. The molecule has 11 heteroatoms. The van der Waals surface area contributed by atoms with Crippen molar-refractivity contribution in [1.29, 1.82) is 0 Å². The van der Waals surface area contributed by atoms with Gasteiger partial charge >= 0.3 is 12.1 Å². The molecule has 2 N–H and O–H groups in total. The van der Waals surface area contributed by atoms with Crippen LogP contribution in [0.2, 0.25) is 0 Å². The second-order valence-corrected chi connectivity index (χ2v) is 16.2. The molecule has 0 aromatic heterocycles. The van der Waals surface area contributed by atoms with E-state index in [0.29, 0.717) is 6.42 Å². The van der Waals surface area contributed by atoms with E-state index in [9.17, 15) is 24.3 Å². The lowest BCUT2D eigenvalue weighted by atomic mass is 9.83. The number of aromatic carboxylic acids is 1. The minimum absolute atomic E-state index is 0.146. The highest BCUT2D eigenvalue weighted by Crippen LogP contribution is 2.34. The van der Waals surface area contributed by atoms with Crippen molar-refractivity contribution in [2.45, 2.75) is 118 Å². The lowest BCUT2D eigenvalue weighted by molar-refractivity contribution is -0.152. The molecule has 3 aromatic rings. The van der Waals surface area contributed by atoms with Gasteiger partial charge in [-0.3, -0.25) is 19.3 Å². The molecule has 11 nitrogen and oxygen atoms in total. The molecule has 1 heterocycles. The van der Waals surface area contributed by atoms with E-state index in [0.717, 1.165) is 28.7 Å². The first-order valence-corrected chi connectivity index (χ1v) is 18.6. The number of likely N-dealkylation sites (N-methyl/N-ethyl adjacent to an activating group) is 1. The van der Waals surface area contributed by atoms with Gasteiger partial charge in [-0.1, -0.05) is 101 Å². The second kappa shape index (κ2) is 17.3. The molecular weight excluding hydrogens is 684 g/mol. The van der Waals surface area contributed by atoms with Gasteiger partial charge in [-0.25, -0.2) is 9.59 Å². The van der Waals surface area contributed by atoms with Crippen LogP contribution in [0.3, 0.4) is 0 Å². The van der Waals surface area contributed by atoms with Crippen LogP contribution >= 0.6 is 0 Å². The SMILES string of the molecule is CCC[C@H](c1ccccc1)N(Cc1ccc(C(=O)O)cc1)C(=O)C1Cc2ccccc2CN1C(=O)C(NC(=O)C(C)N(C)C(=O)OC(C)(C)C)C(C)(C)C. The van der Waals surface area contributed by atoms with Gasteiger partial charge in [-0.05, 0) is 73.9 Å². The Morgan fingerprint density at radius 3 is 2.04 bits per heavy atom. The lowest BCUT2D eigenvalue weighted by Gasteiger charge is -2.44. The van der Waals surface area contributed by atoms with E-state index in [-0.39, 0.29) is 37.0 Å². The highest BCUT2D eigenvalue weighted by atomic mass is 16.6. The molecule has 290 valence electrons. The average molecular weight is 741 g/mol. The lowest BCUT2D eigenvalue weighted by Crippen LogP contribution is -2.62. The van der Waals surface area contributed by atoms with E-state index in [1.165, 1.54) is 24.1 Å². The monoisotopic (exact) mass is 740 g/mol. The molecule has 1 aliphatic rings. The number of hydrogen-bond donors (Lipinski definition) is 2. The Bertz CT molecular complexity index is 1800. The number of nitrogens with one attached hydrogen (secondary N) is 1. The first kappa shape index (κ1) is 41.6. The summed E-state index contributed by atoms with van der Waals surface area (Å²) in [6.45, 7) is 14.8. The van der Waals surface area contributed by atoms with Gasteiger partial charge in [0.2, 0.25) is 17.7 Å². The second-order valence-electron chi connectivity index (χ2n) is 16.2. The standard InChI is InChI=1S/C43H56N4O7/c1-10-16-34(30-17-12-11-13-18-30)46(26-29-21-23-31(24-22-29)40(51)52)38(49)35-25-32-19-14-15-20-33(32)27-47(35)39(50)36(42(3,4)5)44-37(48)28(2)45(9)41(53)54-43(6,7)8/h11-15,17-24,28,34-36H,10,16,25-27H2,1-9H3,(H,44,48)(H,51,52)/t28?,34-,35?,36?/m1/s1. The van der Waals surface area contributed by atoms with Crippen LogP contribution in [-0.4, -0.2) is 80.4 Å². The Kier molecular flexibility index (Phi) is 13.3. The van der Waals surface area contributed by atoms with Crippen LogP contribution in [-0.2, 0) is 38.6 Å². The zero-order valence-electron chi connectivity index (χ0n) is 33.1. The normalized spacial score (nSPS) is 15.9. The van der Waals surface area contributed by atoms with E-state index in [1.807, 2.05) is 80.3 Å². The summed E-state index contributed by atoms with van der Waals surface area (Å²) in [7, 11) is 1.48. The number of fused-ring (bicyclic) bond motifs is 1. The van der Waals surface area contributed by atoms with E-state index in [1.54, 1.807) is 44.7 Å². The van der Waals surface area contributed by atoms with Crippen LogP contribution in [0.25, 0.3) is 0 Å². The van der Waals surface area contributed by atoms with Gasteiger partial charge in [0.1, 0.15) is 23.7 Å². The molecule has 0 spiro atoms. The van der Waals surface area contributed by atoms with E-state index < -0.39 is 53.0 Å². The molecule has 0 aliphatic carbocycles. The fourth-order valence-electron chi connectivity index (χ4n) is 6.65. The Morgan fingerprint density at radius 2 is 1.48 bits per heavy atom. The van der Waals surface area contributed by atoms with Crippen molar-refractivity contribution in [3.05, 3.63) is 107 Å². The molecule has 4 amide bonds. The highest BCUT2D eigenvalue weighted by molar-refractivity contribution is 5.95. The minimum atomic E-state index is -1.04. The quantitative estimate of drug-likeness (QED) is 0.204. The summed E-state index contributed by atoms with van der Waals surface area (Å²) < 4.78 is 5.47. The van der Waals surface area contributed by atoms with E-state index >= 15 is 4.79 Å². The number of ether oxygens (including phenoxy) is 1. The van der Waals surface area contributed by atoms with Crippen molar-refractivity contribution in [2.24, 2.45) is 5.41 Å². The maximum absolute atomic E-state index is 15.3. The number of hydrogen-bond acceptors (Lipinski definition) is 6. The molecule has 0 saturated carbocycles. The van der Waals surface area contributed by atoms with Gasteiger partial charge in [0.15, 0.2) is 0 Å². The van der Waals surface area contributed by atoms with E-state index in [2.05, 4.69) is 12.2 Å². The van der Waals surface area contributed by atoms with Crippen molar-refractivity contribution in [1.82, 2.24) is 20.0 Å². The predicted octanol–water partition coefficient (Wildman–Crippen LogP) is 6.99. The van der Waals surface area contributed by atoms with Crippen molar-refractivity contribution in [3.8, 4) is 0 Å². The van der Waals surface area contributed by atoms with Gasteiger partial charge in [0.05, 0.1) is 11.6 Å². The maximum Gasteiger partial charge on any atom is 0.410 e. The summed E-state index contributed by atoms with van der Waals surface area (Å²) in [4.78, 5) is 73.0. The van der Waals surface area contributed by atoms with Gasteiger partial charge in [-0.2, -0.15) is 0 Å². The van der Waals surface area contributed by atoms with Crippen LogP contribution in [0.1, 0.15) is 107 Å². The van der Waals surface area contributed by atoms with Crippen LogP contribution in [0, 0.1) is 5.41 Å². The third-order valence-corrected chi connectivity index (χ3v) is 9.82. The summed E-state index contributed by atoms with van der Waals surface area (Å²) in [5.41, 5.74) is 2.19. The number of amides is 4. The molecule has 1 aliphatic heterocycles. The average Bonchev–Trinajstić information content (AvgIpc) is 3.12. The minimum Gasteiger partial charge on any atom is -0.478 e. The van der Waals surface area contributed by atoms with Crippen LogP contribution in [0.4, 0.5) is 4.79 Å². The number of carboxylic acids is 1. The topological polar surface area (TPSA) is 137 Å². The Balaban J connectivity index is 1.75. The number of carboxylic acid groups (broad SMARTS) is 1. The van der Waals surface area contributed by atoms with Crippen molar-refractivity contribution >= 4 is 29.8 Å². The largest absolute Gasteiger partial charge is 0.478 e. The predicted molar refractivity (Wildman–Crippen MR) is 207 cm³/mol. The van der Waals surface area contributed by atoms with E-state index in [4.69, 9.17) is 4.74 Å². The summed E-state index contributed by atoms with van der Waals surface area (Å²) in [6, 6.07) is 20.8. The molecule has 4 atom stereocenters. The first-order valence-electron chi connectivity index (χ1n) is 18.6. The van der Waals surface area contributed by atoms with Crippen molar-refractivity contribution in [3.63, 3.8) is 0 Å². The number of carbonyl (C=O) groups excluding carboxylic acids is 4. The number of rotatable bonds is 12. The molecule has 4 rings (SSSR count). The zero-order chi connectivity index (χ0) is 40.0. The molecule has 0 saturated heterocycles.